The molecule has 6 rings (SSSR count). The van der Waals surface area contributed by atoms with Gasteiger partial charge in [0, 0.05) is 31.0 Å². The van der Waals surface area contributed by atoms with Crippen molar-refractivity contribution < 1.29 is 19.4 Å². The van der Waals surface area contributed by atoms with Gasteiger partial charge < -0.3 is 19.5 Å². The third-order valence-corrected chi connectivity index (χ3v) is 7.04. The number of ether oxygens (including phenoxy) is 2. The second-order valence-electron chi connectivity index (χ2n) is 10.1. The van der Waals surface area contributed by atoms with Crippen LogP contribution in [0.2, 0.25) is 0 Å². The molecule has 2 N–H and O–H groups in total. The largest absolute Gasteiger partial charge is 0.480 e. The van der Waals surface area contributed by atoms with Gasteiger partial charge in [0.15, 0.2) is 6.10 Å². The van der Waals surface area contributed by atoms with E-state index in [9.17, 15) is 9.90 Å². The van der Waals surface area contributed by atoms with Crippen LogP contribution in [-0.2, 0) is 17.4 Å². The maximum absolute atomic E-state index is 13.1. The lowest BCUT2D eigenvalue weighted by molar-refractivity contribution is -0.133. The quantitative estimate of drug-likeness (QED) is 0.414. The van der Waals surface area contributed by atoms with Gasteiger partial charge in [0.25, 0.3) is 5.91 Å². The fourth-order valence-corrected chi connectivity index (χ4v) is 4.91. The second-order valence-corrected chi connectivity index (χ2v) is 10.1. The molecule has 190 valence electrons. The summed E-state index contributed by atoms with van der Waals surface area (Å²) < 4.78 is 14.1. The molecular weight excluding hydrogens is 470 g/mol. The molecule has 1 amide bonds. The molecule has 0 saturated carbocycles. The zero-order valence-electron chi connectivity index (χ0n) is 21.1. The average molecular weight is 500 g/mol. The minimum Gasteiger partial charge on any atom is -0.480 e. The van der Waals surface area contributed by atoms with E-state index in [1.54, 1.807) is 29.6 Å². The summed E-state index contributed by atoms with van der Waals surface area (Å²) in [6.45, 7) is 4.89. The maximum atomic E-state index is 13.1. The number of aromatic amines is 1. The summed E-state index contributed by atoms with van der Waals surface area (Å²) in [5, 5.41) is 23.6. The molecule has 1 atom stereocenters. The van der Waals surface area contributed by atoms with E-state index in [-0.39, 0.29) is 5.91 Å². The summed E-state index contributed by atoms with van der Waals surface area (Å²) in [6.07, 6.45) is 5.65. The van der Waals surface area contributed by atoms with E-state index >= 15 is 0 Å². The fourth-order valence-electron chi connectivity index (χ4n) is 4.91. The number of hydrogen-bond donors (Lipinski definition) is 2. The van der Waals surface area contributed by atoms with Crippen molar-refractivity contribution in [1.29, 1.82) is 0 Å². The Balaban J connectivity index is 1.49. The fraction of sp³-hybridized carbons (Fsp3) is 0.321. The third kappa shape index (κ3) is 4.25. The summed E-state index contributed by atoms with van der Waals surface area (Å²) in [5.41, 5.74) is 3.99. The minimum absolute atomic E-state index is 0.0553. The zero-order valence-corrected chi connectivity index (χ0v) is 21.1. The number of hydrogen-bond acceptors (Lipinski definition) is 6. The first-order valence-corrected chi connectivity index (χ1v) is 12.4. The number of nitrogens with one attached hydrogen (secondary N) is 1. The lowest BCUT2D eigenvalue weighted by Crippen LogP contribution is -2.35. The molecular formula is C28H29N5O4. The van der Waals surface area contributed by atoms with Crippen molar-refractivity contribution in [2.75, 3.05) is 19.7 Å². The summed E-state index contributed by atoms with van der Waals surface area (Å²) in [4.78, 5) is 14.9. The summed E-state index contributed by atoms with van der Waals surface area (Å²) in [6, 6.07) is 11.6. The van der Waals surface area contributed by atoms with Crippen molar-refractivity contribution in [3.05, 3.63) is 59.4 Å². The molecule has 1 fully saturated rings. The Labute approximate surface area is 214 Å². The summed E-state index contributed by atoms with van der Waals surface area (Å²) in [5.74, 6) is 1.18. The molecule has 4 aromatic rings. The van der Waals surface area contributed by atoms with Crippen molar-refractivity contribution in [3.63, 3.8) is 0 Å². The SMILES string of the molecule is Cn1ncc2c1OCCN1CC[C@@H](Oc3ccc(C(C)(C)O)cc3/C=C/c3n[nH]c4ccc-2cc34)C1=O. The first-order chi connectivity index (χ1) is 17.8. The molecule has 0 spiro atoms. The van der Waals surface area contributed by atoms with Gasteiger partial charge in [-0.25, -0.2) is 4.68 Å². The Morgan fingerprint density at radius 1 is 1.14 bits per heavy atom. The van der Waals surface area contributed by atoms with Crippen LogP contribution in [0.3, 0.4) is 0 Å². The minimum atomic E-state index is -1.02. The van der Waals surface area contributed by atoms with Gasteiger partial charge in [0.2, 0.25) is 5.88 Å². The highest BCUT2D eigenvalue weighted by atomic mass is 16.5. The summed E-state index contributed by atoms with van der Waals surface area (Å²) in [7, 11) is 1.84. The number of benzene rings is 2. The number of fused-ring (bicyclic) bond motifs is 6. The van der Waals surface area contributed by atoms with E-state index in [1.807, 2.05) is 49.5 Å². The van der Waals surface area contributed by atoms with Crippen molar-refractivity contribution >= 4 is 29.0 Å². The molecule has 9 heteroatoms. The number of aromatic nitrogens is 4. The van der Waals surface area contributed by atoms with Gasteiger partial charge in [0.1, 0.15) is 12.4 Å². The number of nitrogens with zero attached hydrogens (tertiary/aromatic N) is 4. The van der Waals surface area contributed by atoms with E-state index < -0.39 is 11.7 Å². The molecule has 0 unspecified atom stereocenters. The molecule has 2 aliphatic heterocycles. The number of aryl methyl sites for hydroxylation is 1. The van der Waals surface area contributed by atoms with Crippen LogP contribution in [0.5, 0.6) is 11.6 Å². The van der Waals surface area contributed by atoms with E-state index in [2.05, 4.69) is 21.4 Å². The Morgan fingerprint density at radius 3 is 2.84 bits per heavy atom. The molecule has 37 heavy (non-hydrogen) atoms. The van der Waals surface area contributed by atoms with E-state index in [1.165, 1.54) is 0 Å². The molecule has 4 bridgehead atoms. The van der Waals surface area contributed by atoms with Gasteiger partial charge in [-0.05, 0) is 61.4 Å². The highest BCUT2D eigenvalue weighted by Crippen LogP contribution is 2.34. The number of aliphatic hydroxyl groups is 1. The highest BCUT2D eigenvalue weighted by Gasteiger charge is 2.34. The van der Waals surface area contributed by atoms with Crippen LogP contribution in [0, 0.1) is 0 Å². The van der Waals surface area contributed by atoms with E-state index in [4.69, 9.17) is 9.47 Å². The Kier molecular flexibility index (Phi) is 5.52. The normalized spacial score (nSPS) is 18.8. The van der Waals surface area contributed by atoms with E-state index in [0.717, 1.165) is 38.9 Å². The molecule has 2 aromatic carbocycles. The van der Waals surface area contributed by atoms with Gasteiger partial charge in [0.05, 0.1) is 35.1 Å². The third-order valence-electron chi connectivity index (χ3n) is 7.04. The van der Waals surface area contributed by atoms with Crippen LogP contribution in [-0.4, -0.2) is 61.7 Å². The van der Waals surface area contributed by atoms with Crippen LogP contribution in [0.15, 0.2) is 42.6 Å². The van der Waals surface area contributed by atoms with Crippen LogP contribution in [0.4, 0.5) is 0 Å². The van der Waals surface area contributed by atoms with Crippen LogP contribution >= 0.6 is 0 Å². The Bertz CT molecular complexity index is 1530. The topological polar surface area (TPSA) is 106 Å². The van der Waals surface area contributed by atoms with Crippen molar-refractivity contribution in [2.24, 2.45) is 7.05 Å². The summed E-state index contributed by atoms with van der Waals surface area (Å²) >= 11 is 0. The molecule has 2 aromatic heterocycles. The standard InChI is InChI=1S/C28H29N5O4/c1-28(2,35)19-6-9-24-18(14-19)5-8-23-20-15-17(4-7-22(20)30-31-23)21-16-29-32(3)27(21)36-13-12-33-11-10-25(37-24)26(33)34/h4-9,14-16,25,35H,10-13H2,1-3H3,(H,30,31)/b8-5+/t25-/m1/s1. The molecule has 4 heterocycles. The number of H-pyrrole nitrogens is 1. The Morgan fingerprint density at radius 2 is 2.00 bits per heavy atom. The van der Waals surface area contributed by atoms with Gasteiger partial charge in [-0.3, -0.25) is 9.89 Å². The lowest BCUT2D eigenvalue weighted by Gasteiger charge is -2.21. The molecule has 9 nitrogen and oxygen atoms in total. The van der Waals surface area contributed by atoms with Gasteiger partial charge in [-0.15, -0.1) is 0 Å². The molecule has 0 radical (unpaired) electrons. The van der Waals surface area contributed by atoms with Gasteiger partial charge >= 0.3 is 0 Å². The van der Waals surface area contributed by atoms with Crippen LogP contribution in [0.1, 0.15) is 37.1 Å². The number of carbonyl (C=O) groups excluding carboxylic acids is 1. The molecule has 1 saturated heterocycles. The first kappa shape index (κ1) is 23.3. The predicted molar refractivity (Wildman–Crippen MR) is 140 cm³/mol. The average Bonchev–Trinajstić information content (AvgIpc) is 3.55. The van der Waals surface area contributed by atoms with Crippen molar-refractivity contribution in [2.45, 2.75) is 32.0 Å². The molecule has 2 aliphatic rings. The highest BCUT2D eigenvalue weighted by molar-refractivity contribution is 5.93. The van der Waals surface area contributed by atoms with Gasteiger partial charge in [-0.2, -0.15) is 10.2 Å². The number of rotatable bonds is 1. The number of carbonyl (C=O) groups is 1. The number of amides is 1. The van der Waals surface area contributed by atoms with E-state index in [0.29, 0.717) is 37.7 Å². The monoisotopic (exact) mass is 499 g/mol. The second kappa shape index (κ2) is 8.77. The Hall–Kier alpha value is -4.11. The maximum Gasteiger partial charge on any atom is 0.263 e. The van der Waals surface area contributed by atoms with Crippen molar-refractivity contribution in [3.8, 4) is 22.8 Å². The van der Waals surface area contributed by atoms with Crippen LogP contribution in [0.25, 0.3) is 34.2 Å². The lowest BCUT2D eigenvalue weighted by atomic mass is 9.95. The predicted octanol–water partition coefficient (Wildman–Crippen LogP) is 3.73. The molecule has 0 aliphatic carbocycles. The van der Waals surface area contributed by atoms with Crippen LogP contribution < -0.4 is 9.47 Å². The zero-order chi connectivity index (χ0) is 25.7. The smallest absolute Gasteiger partial charge is 0.263 e. The van der Waals surface area contributed by atoms with Gasteiger partial charge in [-0.1, -0.05) is 12.1 Å². The van der Waals surface area contributed by atoms with Crippen molar-refractivity contribution in [1.82, 2.24) is 24.9 Å². The first-order valence-electron chi connectivity index (χ1n) is 12.4.